The Balaban J connectivity index is 1.69. The highest BCUT2D eigenvalue weighted by Crippen LogP contribution is 2.60. The quantitative estimate of drug-likeness (QED) is 0.862. The molecule has 1 nitrogen and oxygen atoms in total. The average molecular weight is 255 g/mol. The summed E-state index contributed by atoms with van der Waals surface area (Å²) in [7, 11) is 2.06. The van der Waals surface area contributed by atoms with Crippen molar-refractivity contribution in [3.8, 4) is 0 Å². The van der Waals surface area contributed by atoms with Crippen molar-refractivity contribution in [1.29, 1.82) is 0 Å². The number of hydrogen-bond donors (Lipinski definition) is 1. The largest absolute Gasteiger partial charge is 0.316 e. The molecule has 1 heteroatoms. The van der Waals surface area contributed by atoms with Gasteiger partial charge in [0.1, 0.15) is 0 Å². The SMILES string of the molecule is CNCc1ccccc1C1C2CC3CC(C2)CC1C3. The Hall–Kier alpha value is -0.820. The Bertz CT molecular complexity index is 437. The van der Waals surface area contributed by atoms with E-state index in [0.717, 1.165) is 36.1 Å². The number of hydrogen-bond acceptors (Lipinski definition) is 1. The van der Waals surface area contributed by atoms with Gasteiger partial charge in [-0.05, 0) is 79.9 Å². The van der Waals surface area contributed by atoms with Crippen LogP contribution in [0.25, 0.3) is 0 Å². The van der Waals surface area contributed by atoms with Crippen LogP contribution in [0, 0.1) is 23.7 Å². The highest BCUT2D eigenvalue weighted by Gasteiger charge is 2.48. The van der Waals surface area contributed by atoms with E-state index in [1.54, 1.807) is 17.5 Å². The zero-order valence-corrected chi connectivity index (χ0v) is 11.9. The molecule has 4 fully saturated rings. The molecule has 1 aromatic rings. The maximum absolute atomic E-state index is 3.35. The summed E-state index contributed by atoms with van der Waals surface area (Å²) in [6.07, 6.45) is 7.63. The molecule has 0 amide bonds. The second-order valence-corrected chi connectivity index (χ2v) is 7.19. The predicted octanol–water partition coefficient (Wildman–Crippen LogP) is 3.95. The molecule has 19 heavy (non-hydrogen) atoms. The first kappa shape index (κ1) is 12.0. The minimum atomic E-state index is 0.873. The molecule has 1 N–H and O–H groups in total. The van der Waals surface area contributed by atoms with Crippen molar-refractivity contribution >= 4 is 0 Å². The third-order valence-corrected chi connectivity index (χ3v) is 6.01. The topological polar surface area (TPSA) is 12.0 Å². The maximum Gasteiger partial charge on any atom is 0.0205 e. The highest BCUT2D eigenvalue weighted by molar-refractivity contribution is 5.33. The van der Waals surface area contributed by atoms with Crippen molar-refractivity contribution < 1.29 is 0 Å². The molecule has 102 valence electrons. The van der Waals surface area contributed by atoms with Gasteiger partial charge in [-0.2, -0.15) is 0 Å². The van der Waals surface area contributed by atoms with Crippen molar-refractivity contribution in [2.75, 3.05) is 7.05 Å². The molecule has 1 aromatic carbocycles. The third-order valence-electron chi connectivity index (χ3n) is 6.01. The van der Waals surface area contributed by atoms with Crippen LogP contribution in [0.1, 0.15) is 49.1 Å². The van der Waals surface area contributed by atoms with Gasteiger partial charge in [-0.1, -0.05) is 24.3 Å². The van der Waals surface area contributed by atoms with Crippen LogP contribution in [0.5, 0.6) is 0 Å². The molecule has 4 saturated carbocycles. The molecule has 0 unspecified atom stereocenters. The lowest BCUT2D eigenvalue weighted by Gasteiger charge is -2.55. The second-order valence-electron chi connectivity index (χ2n) is 7.19. The molecular weight excluding hydrogens is 230 g/mol. The molecule has 0 atom stereocenters. The van der Waals surface area contributed by atoms with Gasteiger partial charge in [-0.25, -0.2) is 0 Å². The van der Waals surface area contributed by atoms with Gasteiger partial charge in [0.05, 0.1) is 0 Å². The van der Waals surface area contributed by atoms with Crippen LogP contribution in [0.2, 0.25) is 0 Å². The summed E-state index contributed by atoms with van der Waals surface area (Å²) in [5.74, 6) is 5.02. The van der Waals surface area contributed by atoms with E-state index in [2.05, 4.69) is 36.6 Å². The summed E-state index contributed by atoms with van der Waals surface area (Å²) < 4.78 is 0. The molecule has 0 spiro atoms. The van der Waals surface area contributed by atoms with E-state index < -0.39 is 0 Å². The van der Waals surface area contributed by atoms with Crippen molar-refractivity contribution in [1.82, 2.24) is 5.32 Å². The van der Waals surface area contributed by atoms with Gasteiger partial charge in [0, 0.05) is 6.54 Å². The summed E-state index contributed by atoms with van der Waals surface area (Å²) in [5, 5.41) is 3.35. The summed E-state index contributed by atoms with van der Waals surface area (Å²) >= 11 is 0. The summed E-state index contributed by atoms with van der Waals surface area (Å²) in [6, 6.07) is 9.20. The first-order valence-electron chi connectivity index (χ1n) is 8.07. The maximum atomic E-state index is 3.35. The highest BCUT2D eigenvalue weighted by atomic mass is 14.8. The Morgan fingerprint density at radius 2 is 1.58 bits per heavy atom. The summed E-state index contributed by atoms with van der Waals surface area (Å²) in [5.41, 5.74) is 3.22. The standard InChI is InChI=1S/C18H25N/c1-19-11-14-4-2-3-5-17(14)18-15-7-12-6-13(9-15)10-16(18)8-12/h2-5,12-13,15-16,18-19H,6-11H2,1H3. The Kier molecular flexibility index (Phi) is 2.91. The molecular formula is C18H25N. The van der Waals surface area contributed by atoms with E-state index in [4.69, 9.17) is 0 Å². The van der Waals surface area contributed by atoms with E-state index in [1.165, 1.54) is 25.7 Å². The minimum Gasteiger partial charge on any atom is -0.316 e. The van der Waals surface area contributed by atoms with E-state index in [0.29, 0.717) is 0 Å². The molecule has 4 bridgehead atoms. The Morgan fingerprint density at radius 1 is 0.947 bits per heavy atom. The van der Waals surface area contributed by atoms with Crippen LogP contribution in [0.4, 0.5) is 0 Å². The van der Waals surface area contributed by atoms with Gasteiger partial charge < -0.3 is 5.32 Å². The minimum absolute atomic E-state index is 0.873. The van der Waals surface area contributed by atoms with Crippen LogP contribution in [-0.2, 0) is 6.54 Å². The molecule has 0 aromatic heterocycles. The van der Waals surface area contributed by atoms with Crippen LogP contribution in [0.3, 0.4) is 0 Å². The van der Waals surface area contributed by atoms with Gasteiger partial charge in [-0.3, -0.25) is 0 Å². The van der Waals surface area contributed by atoms with E-state index >= 15 is 0 Å². The summed E-state index contributed by atoms with van der Waals surface area (Å²) in [4.78, 5) is 0. The number of rotatable bonds is 3. The second kappa shape index (κ2) is 4.63. The third kappa shape index (κ3) is 1.94. The zero-order valence-electron chi connectivity index (χ0n) is 11.9. The average Bonchev–Trinajstić information content (AvgIpc) is 2.39. The van der Waals surface area contributed by atoms with Gasteiger partial charge in [0.2, 0.25) is 0 Å². The van der Waals surface area contributed by atoms with Crippen molar-refractivity contribution in [2.45, 2.75) is 44.6 Å². The fourth-order valence-corrected chi connectivity index (χ4v) is 5.64. The van der Waals surface area contributed by atoms with E-state index in [9.17, 15) is 0 Å². The monoisotopic (exact) mass is 255 g/mol. The van der Waals surface area contributed by atoms with Crippen LogP contribution < -0.4 is 5.32 Å². The smallest absolute Gasteiger partial charge is 0.0205 e. The van der Waals surface area contributed by atoms with Gasteiger partial charge in [-0.15, -0.1) is 0 Å². The summed E-state index contributed by atoms with van der Waals surface area (Å²) in [6.45, 7) is 1.03. The first-order chi connectivity index (χ1) is 9.35. The fourth-order valence-electron chi connectivity index (χ4n) is 5.64. The molecule has 0 radical (unpaired) electrons. The fraction of sp³-hybridized carbons (Fsp3) is 0.667. The molecule has 0 heterocycles. The molecule has 4 aliphatic carbocycles. The van der Waals surface area contributed by atoms with Crippen molar-refractivity contribution in [3.63, 3.8) is 0 Å². The lowest BCUT2D eigenvalue weighted by molar-refractivity contribution is -0.00307. The predicted molar refractivity (Wildman–Crippen MR) is 79.0 cm³/mol. The molecule has 5 rings (SSSR count). The molecule has 0 saturated heterocycles. The van der Waals surface area contributed by atoms with Crippen LogP contribution in [0.15, 0.2) is 24.3 Å². The zero-order chi connectivity index (χ0) is 12.8. The normalized spacial score (nSPS) is 39.7. The van der Waals surface area contributed by atoms with Gasteiger partial charge >= 0.3 is 0 Å². The first-order valence-corrected chi connectivity index (χ1v) is 8.07. The van der Waals surface area contributed by atoms with Gasteiger partial charge in [0.15, 0.2) is 0 Å². The molecule has 4 aliphatic rings. The van der Waals surface area contributed by atoms with E-state index in [1.807, 2.05) is 0 Å². The molecule has 0 aliphatic heterocycles. The van der Waals surface area contributed by atoms with Gasteiger partial charge in [0.25, 0.3) is 0 Å². The lowest BCUT2D eigenvalue weighted by Crippen LogP contribution is -2.44. The Morgan fingerprint density at radius 3 is 2.21 bits per heavy atom. The number of benzene rings is 1. The van der Waals surface area contributed by atoms with Crippen molar-refractivity contribution in [2.24, 2.45) is 23.7 Å². The lowest BCUT2D eigenvalue weighted by atomic mass is 9.50. The number of nitrogens with one attached hydrogen (secondary N) is 1. The van der Waals surface area contributed by atoms with Crippen molar-refractivity contribution in [3.05, 3.63) is 35.4 Å². The van der Waals surface area contributed by atoms with Crippen LogP contribution in [-0.4, -0.2) is 7.05 Å². The van der Waals surface area contributed by atoms with E-state index in [-0.39, 0.29) is 0 Å². The van der Waals surface area contributed by atoms with Crippen LogP contribution >= 0.6 is 0 Å². The Labute approximate surface area is 116 Å².